The highest BCUT2D eigenvalue weighted by molar-refractivity contribution is 7.15. The van der Waals surface area contributed by atoms with Crippen LogP contribution in [0.15, 0.2) is 42.7 Å². The van der Waals surface area contributed by atoms with E-state index in [-0.39, 0.29) is 12.1 Å². The quantitative estimate of drug-likeness (QED) is 0.595. The van der Waals surface area contributed by atoms with Gasteiger partial charge in [0.2, 0.25) is 0 Å². The molecule has 0 spiro atoms. The summed E-state index contributed by atoms with van der Waals surface area (Å²) in [5.41, 5.74) is 3.15. The molecule has 7 nitrogen and oxygen atoms in total. The van der Waals surface area contributed by atoms with Crippen molar-refractivity contribution in [3.63, 3.8) is 0 Å². The third kappa shape index (κ3) is 4.40. The molecule has 3 aromatic rings. The number of nitrogens with one attached hydrogen (secondary N) is 2. The second kappa shape index (κ2) is 9.03. The van der Waals surface area contributed by atoms with E-state index in [4.69, 9.17) is 9.47 Å². The van der Waals surface area contributed by atoms with E-state index in [1.165, 1.54) is 21.0 Å². The molecule has 0 fully saturated rings. The van der Waals surface area contributed by atoms with Crippen molar-refractivity contribution in [2.24, 2.45) is 0 Å². The molecule has 0 radical (unpaired) electrons. The van der Waals surface area contributed by atoms with Crippen molar-refractivity contribution in [3.8, 4) is 16.5 Å². The molecule has 3 heterocycles. The van der Waals surface area contributed by atoms with Crippen LogP contribution in [0.25, 0.3) is 5.00 Å². The van der Waals surface area contributed by atoms with Crippen molar-refractivity contribution in [2.45, 2.75) is 25.9 Å². The SMILES string of the molecule is COc1ccc(NC(=O)NC(C)c2c(-n3cccc3)sc3c2CCN(C)C3)c(OC)c1. The molecule has 0 aliphatic carbocycles. The van der Waals surface area contributed by atoms with Gasteiger partial charge in [-0.2, -0.15) is 0 Å². The van der Waals surface area contributed by atoms with Gasteiger partial charge in [-0.3, -0.25) is 0 Å². The number of ether oxygens (including phenoxy) is 2. The molecule has 0 saturated carbocycles. The Kier molecular flexibility index (Phi) is 6.20. The summed E-state index contributed by atoms with van der Waals surface area (Å²) in [6.07, 6.45) is 5.10. The van der Waals surface area contributed by atoms with E-state index in [1.54, 1.807) is 32.4 Å². The van der Waals surface area contributed by atoms with Crippen LogP contribution in [0.5, 0.6) is 11.5 Å². The Balaban J connectivity index is 1.57. The average Bonchev–Trinajstić information content (AvgIpc) is 3.41. The molecule has 2 N–H and O–H groups in total. The largest absolute Gasteiger partial charge is 0.497 e. The van der Waals surface area contributed by atoms with Gasteiger partial charge in [0.1, 0.15) is 16.5 Å². The number of fused-ring (bicyclic) bond motifs is 1. The zero-order chi connectivity index (χ0) is 22.0. The third-order valence-electron chi connectivity index (χ3n) is 5.55. The number of benzene rings is 1. The maximum Gasteiger partial charge on any atom is 0.319 e. The van der Waals surface area contributed by atoms with Gasteiger partial charge in [0.05, 0.1) is 25.9 Å². The molecule has 2 amide bonds. The number of aromatic nitrogens is 1. The lowest BCUT2D eigenvalue weighted by molar-refractivity contribution is 0.249. The number of thiophene rings is 1. The standard InChI is InChI=1S/C23H28N4O3S/c1-15(24-23(28)25-18-8-7-16(29-3)13-19(18)30-4)21-17-9-12-26(2)14-20(17)31-22(21)27-10-5-6-11-27/h5-8,10-11,13,15H,9,12,14H2,1-4H3,(H2,24,25,28). The van der Waals surface area contributed by atoms with E-state index in [1.807, 2.05) is 30.4 Å². The van der Waals surface area contributed by atoms with E-state index in [0.717, 1.165) is 19.5 Å². The van der Waals surface area contributed by atoms with Crippen LogP contribution < -0.4 is 20.1 Å². The fourth-order valence-corrected chi connectivity index (χ4v) is 5.47. The third-order valence-corrected chi connectivity index (χ3v) is 6.79. The Labute approximate surface area is 186 Å². The number of hydrogen-bond donors (Lipinski definition) is 2. The van der Waals surface area contributed by atoms with Crippen molar-refractivity contribution < 1.29 is 14.3 Å². The number of anilines is 1. The van der Waals surface area contributed by atoms with Gasteiger partial charge in [-0.25, -0.2) is 4.79 Å². The number of carbonyl (C=O) groups is 1. The van der Waals surface area contributed by atoms with E-state index in [9.17, 15) is 4.79 Å². The van der Waals surface area contributed by atoms with Crippen molar-refractivity contribution in [1.29, 1.82) is 0 Å². The Morgan fingerprint density at radius 1 is 1.19 bits per heavy atom. The first-order valence-electron chi connectivity index (χ1n) is 10.3. The van der Waals surface area contributed by atoms with Crippen molar-refractivity contribution in [1.82, 2.24) is 14.8 Å². The number of nitrogens with zero attached hydrogens (tertiary/aromatic N) is 2. The minimum atomic E-state index is -0.276. The first kappa shape index (κ1) is 21.3. The zero-order valence-corrected chi connectivity index (χ0v) is 19.1. The molecule has 8 heteroatoms. The zero-order valence-electron chi connectivity index (χ0n) is 18.3. The van der Waals surface area contributed by atoms with Gasteiger partial charge in [-0.05, 0) is 50.2 Å². The topological polar surface area (TPSA) is 67.8 Å². The Hall–Kier alpha value is -2.97. The lowest BCUT2D eigenvalue weighted by atomic mass is 9.98. The van der Waals surface area contributed by atoms with Crippen LogP contribution in [-0.4, -0.2) is 43.3 Å². The summed E-state index contributed by atoms with van der Waals surface area (Å²) in [5.74, 6) is 1.22. The number of likely N-dealkylation sites (N-methyl/N-ethyl adjacent to an activating group) is 1. The fourth-order valence-electron chi connectivity index (χ4n) is 3.98. The number of methoxy groups -OCH3 is 2. The summed E-state index contributed by atoms with van der Waals surface area (Å²) < 4.78 is 12.8. The van der Waals surface area contributed by atoms with Gasteiger partial charge in [0, 0.05) is 42.0 Å². The summed E-state index contributed by atoms with van der Waals surface area (Å²) in [6.45, 7) is 4.00. The number of rotatable bonds is 6. The van der Waals surface area contributed by atoms with Gasteiger partial charge in [0.15, 0.2) is 0 Å². The van der Waals surface area contributed by atoms with E-state index >= 15 is 0 Å². The summed E-state index contributed by atoms with van der Waals surface area (Å²) in [7, 11) is 5.31. The molecule has 1 atom stereocenters. The first-order valence-corrected chi connectivity index (χ1v) is 11.1. The van der Waals surface area contributed by atoms with Gasteiger partial charge >= 0.3 is 6.03 Å². The highest BCUT2D eigenvalue weighted by Gasteiger charge is 2.27. The Bertz CT molecular complexity index is 1060. The van der Waals surface area contributed by atoms with Crippen LogP contribution in [-0.2, 0) is 13.0 Å². The normalized spacial score (nSPS) is 14.6. The molecule has 0 bridgehead atoms. The summed E-state index contributed by atoms with van der Waals surface area (Å²) in [5, 5.41) is 7.19. The molecule has 1 aliphatic rings. The maximum absolute atomic E-state index is 12.8. The van der Waals surface area contributed by atoms with Crippen molar-refractivity contribution in [3.05, 3.63) is 58.7 Å². The van der Waals surface area contributed by atoms with Crippen LogP contribution in [0.1, 0.15) is 29.0 Å². The van der Waals surface area contributed by atoms with Crippen LogP contribution in [0.4, 0.5) is 10.5 Å². The fraction of sp³-hybridized carbons (Fsp3) is 0.348. The second-order valence-corrected chi connectivity index (χ2v) is 8.77. The number of urea groups is 1. The molecule has 1 aromatic carbocycles. The average molecular weight is 441 g/mol. The van der Waals surface area contributed by atoms with Crippen LogP contribution in [0.2, 0.25) is 0 Å². The van der Waals surface area contributed by atoms with Gasteiger partial charge in [-0.15, -0.1) is 11.3 Å². The summed E-state index contributed by atoms with van der Waals surface area (Å²) >= 11 is 1.81. The monoisotopic (exact) mass is 440 g/mol. The molecule has 1 unspecified atom stereocenters. The van der Waals surface area contributed by atoms with E-state index in [0.29, 0.717) is 17.2 Å². The first-order chi connectivity index (χ1) is 15.0. The molecule has 164 valence electrons. The molecule has 4 rings (SSSR count). The predicted octanol–water partition coefficient (Wildman–Crippen LogP) is 4.43. The highest BCUT2D eigenvalue weighted by atomic mass is 32.1. The predicted molar refractivity (Wildman–Crippen MR) is 124 cm³/mol. The van der Waals surface area contributed by atoms with E-state index in [2.05, 4.69) is 39.5 Å². The van der Waals surface area contributed by atoms with Crippen LogP contribution >= 0.6 is 11.3 Å². The van der Waals surface area contributed by atoms with E-state index < -0.39 is 0 Å². The van der Waals surface area contributed by atoms with Crippen molar-refractivity contribution >= 4 is 23.1 Å². The minimum absolute atomic E-state index is 0.148. The smallest absolute Gasteiger partial charge is 0.319 e. The summed E-state index contributed by atoms with van der Waals surface area (Å²) in [4.78, 5) is 16.5. The molecule has 0 saturated heterocycles. The molecule has 1 aliphatic heterocycles. The summed E-state index contributed by atoms with van der Waals surface area (Å²) in [6, 6.07) is 8.93. The van der Waals surface area contributed by atoms with Gasteiger partial charge in [-0.1, -0.05) is 0 Å². The second-order valence-electron chi connectivity index (χ2n) is 7.69. The number of amides is 2. The molecular weight excluding hydrogens is 412 g/mol. The van der Waals surface area contributed by atoms with Crippen molar-refractivity contribution in [2.75, 3.05) is 33.1 Å². The maximum atomic E-state index is 12.8. The molecule has 2 aromatic heterocycles. The van der Waals surface area contributed by atoms with Crippen LogP contribution in [0, 0.1) is 0 Å². The Morgan fingerprint density at radius 3 is 2.68 bits per heavy atom. The lowest BCUT2D eigenvalue weighted by Crippen LogP contribution is -2.33. The number of carbonyl (C=O) groups excluding carboxylic acids is 1. The molecular formula is C23H28N4O3S. The highest BCUT2D eigenvalue weighted by Crippen LogP contribution is 2.39. The Morgan fingerprint density at radius 2 is 1.97 bits per heavy atom. The van der Waals surface area contributed by atoms with Gasteiger partial charge in [0.25, 0.3) is 0 Å². The number of hydrogen-bond acceptors (Lipinski definition) is 5. The molecule has 31 heavy (non-hydrogen) atoms. The minimum Gasteiger partial charge on any atom is -0.497 e. The lowest BCUT2D eigenvalue weighted by Gasteiger charge is -2.24. The van der Waals surface area contributed by atoms with Crippen LogP contribution in [0.3, 0.4) is 0 Å². The van der Waals surface area contributed by atoms with Gasteiger partial charge < -0.3 is 29.6 Å².